The number of thiazole rings is 2. The summed E-state index contributed by atoms with van der Waals surface area (Å²) in [6.07, 6.45) is 0. The van der Waals surface area contributed by atoms with Crippen molar-refractivity contribution in [2.75, 3.05) is 0 Å². The molecule has 0 atom stereocenters. The highest BCUT2D eigenvalue weighted by Gasteiger charge is 2.05. The lowest BCUT2D eigenvalue weighted by atomic mass is 10.3. The number of hydrogen-bond acceptors (Lipinski definition) is 5. The maximum atomic E-state index is 4.44. The lowest BCUT2D eigenvalue weighted by molar-refractivity contribution is 1.27. The molecule has 23 heavy (non-hydrogen) atoms. The number of aromatic amines is 1. The predicted octanol–water partition coefficient (Wildman–Crippen LogP) is 4.98. The minimum atomic E-state index is 0.840. The Bertz CT molecular complexity index is 968. The van der Waals surface area contributed by atoms with Crippen LogP contribution in [0.3, 0.4) is 0 Å². The Morgan fingerprint density at radius 2 is 1.65 bits per heavy atom. The van der Waals surface area contributed by atoms with E-state index >= 15 is 0 Å². The first kappa shape index (κ1) is 14.0. The average molecular weight is 336 g/mol. The fourth-order valence-electron chi connectivity index (χ4n) is 2.21. The number of nitrogens with zero attached hydrogens (tertiary/aromatic N) is 3. The molecule has 5 rings (SSSR count). The van der Waals surface area contributed by atoms with Crippen LogP contribution in [0.25, 0.3) is 32.8 Å². The topological polar surface area (TPSA) is 54.5 Å². The number of H-pyrrole nitrogens is 1. The molecule has 0 spiro atoms. The highest BCUT2D eigenvalue weighted by molar-refractivity contribution is 7.16. The van der Waals surface area contributed by atoms with Gasteiger partial charge in [-0.25, -0.2) is 15.0 Å². The minimum Gasteiger partial charge on any atom is -0.337 e. The van der Waals surface area contributed by atoms with Crippen LogP contribution in [0, 0.1) is 0 Å². The quantitative estimate of drug-likeness (QED) is 0.469. The molecule has 0 fully saturated rings. The fourth-order valence-corrected chi connectivity index (χ4v) is 3.42. The summed E-state index contributed by atoms with van der Waals surface area (Å²) in [5, 5.41) is 1.98. The van der Waals surface area contributed by atoms with Crippen LogP contribution in [0.2, 0.25) is 0 Å². The third-order valence-corrected chi connectivity index (χ3v) is 4.70. The van der Waals surface area contributed by atoms with Crippen molar-refractivity contribution in [3.63, 3.8) is 0 Å². The van der Waals surface area contributed by atoms with Gasteiger partial charge in [0.05, 0.1) is 32.3 Å². The van der Waals surface area contributed by atoms with Gasteiger partial charge in [0.25, 0.3) is 0 Å². The Morgan fingerprint density at radius 3 is 2.43 bits per heavy atom. The molecule has 0 bridgehead atoms. The van der Waals surface area contributed by atoms with Crippen molar-refractivity contribution in [3.05, 3.63) is 64.9 Å². The number of rotatable bonds is 1. The van der Waals surface area contributed by atoms with Crippen LogP contribution in [0.5, 0.6) is 0 Å². The second kappa shape index (κ2) is 6.28. The fraction of sp³-hybridized carbons (Fsp3) is 0. The summed E-state index contributed by atoms with van der Waals surface area (Å²) in [5.41, 5.74) is 7.72. The van der Waals surface area contributed by atoms with Gasteiger partial charge in [-0.1, -0.05) is 24.3 Å². The smallest absolute Gasteiger partial charge is 0.158 e. The second-order valence-electron chi connectivity index (χ2n) is 4.80. The highest BCUT2D eigenvalue weighted by atomic mass is 32.1. The summed E-state index contributed by atoms with van der Waals surface area (Å²) in [6, 6.07) is 16.1. The number of hydrogen-bond donors (Lipinski definition) is 1. The largest absolute Gasteiger partial charge is 0.337 e. The third kappa shape index (κ3) is 2.99. The molecule has 0 radical (unpaired) electrons. The van der Waals surface area contributed by atoms with Gasteiger partial charge in [-0.3, -0.25) is 0 Å². The molecule has 1 N–H and O–H groups in total. The highest BCUT2D eigenvalue weighted by Crippen LogP contribution is 2.19. The van der Waals surface area contributed by atoms with Crippen molar-refractivity contribution in [2.24, 2.45) is 0 Å². The SMILES string of the molecule is c1ccc2[nH]c(-c3cscn3)nc2c1.c1ccc2scnc2c1. The van der Waals surface area contributed by atoms with Crippen molar-refractivity contribution < 1.29 is 0 Å². The average Bonchev–Trinajstić information content (AvgIpc) is 3.33. The van der Waals surface area contributed by atoms with E-state index in [-0.39, 0.29) is 0 Å². The van der Waals surface area contributed by atoms with Crippen molar-refractivity contribution >= 4 is 43.9 Å². The second-order valence-corrected chi connectivity index (χ2v) is 6.40. The van der Waals surface area contributed by atoms with E-state index in [2.05, 4.69) is 26.0 Å². The maximum Gasteiger partial charge on any atom is 0.158 e. The molecule has 4 nitrogen and oxygen atoms in total. The Balaban J connectivity index is 0.000000130. The van der Waals surface area contributed by atoms with Crippen molar-refractivity contribution in [3.8, 4) is 11.5 Å². The van der Waals surface area contributed by atoms with E-state index in [0.717, 1.165) is 28.1 Å². The molecule has 112 valence electrons. The Hall–Kier alpha value is -2.57. The molecular formula is C17H12N4S2. The van der Waals surface area contributed by atoms with E-state index in [1.807, 2.05) is 58.9 Å². The number of aromatic nitrogens is 4. The number of imidazole rings is 1. The van der Waals surface area contributed by atoms with Gasteiger partial charge in [-0.2, -0.15) is 0 Å². The van der Waals surface area contributed by atoms with E-state index in [1.54, 1.807) is 22.7 Å². The molecule has 0 aliphatic heterocycles. The Labute approximate surface area is 140 Å². The van der Waals surface area contributed by atoms with Gasteiger partial charge < -0.3 is 4.98 Å². The summed E-state index contributed by atoms with van der Waals surface area (Å²) < 4.78 is 1.26. The van der Waals surface area contributed by atoms with E-state index in [9.17, 15) is 0 Å². The summed E-state index contributed by atoms with van der Waals surface area (Å²) in [5.74, 6) is 0.840. The number of benzene rings is 2. The van der Waals surface area contributed by atoms with Gasteiger partial charge in [0, 0.05) is 5.38 Å². The Morgan fingerprint density at radius 1 is 0.826 bits per heavy atom. The molecule has 6 heteroatoms. The van der Waals surface area contributed by atoms with E-state index in [0.29, 0.717) is 0 Å². The van der Waals surface area contributed by atoms with Crippen LogP contribution in [-0.4, -0.2) is 19.9 Å². The molecule has 0 aliphatic carbocycles. The molecule has 3 heterocycles. The van der Waals surface area contributed by atoms with Crippen LogP contribution in [0.15, 0.2) is 64.9 Å². The lowest BCUT2D eigenvalue weighted by Crippen LogP contribution is -1.77. The monoisotopic (exact) mass is 336 g/mol. The molecule has 5 aromatic rings. The number of nitrogens with one attached hydrogen (secondary N) is 1. The van der Waals surface area contributed by atoms with Gasteiger partial charge in [-0.05, 0) is 24.3 Å². The van der Waals surface area contributed by atoms with Gasteiger partial charge >= 0.3 is 0 Å². The van der Waals surface area contributed by atoms with Gasteiger partial charge in [0.15, 0.2) is 5.82 Å². The maximum absolute atomic E-state index is 4.44. The third-order valence-electron chi connectivity index (χ3n) is 3.30. The molecule has 0 unspecified atom stereocenters. The van der Waals surface area contributed by atoms with Gasteiger partial charge in [0.1, 0.15) is 5.69 Å². The van der Waals surface area contributed by atoms with Crippen molar-refractivity contribution in [2.45, 2.75) is 0 Å². The Kier molecular flexibility index (Phi) is 3.83. The standard InChI is InChI=1S/C10H7N3S.C7H5NS/c1-2-4-8-7(3-1)12-10(13-8)9-5-14-6-11-9;1-2-4-7-6(3-1)8-5-9-7/h1-6H,(H,12,13);1-5H. The normalized spacial score (nSPS) is 10.6. The lowest BCUT2D eigenvalue weighted by Gasteiger charge is -1.84. The van der Waals surface area contributed by atoms with Crippen molar-refractivity contribution in [1.82, 2.24) is 19.9 Å². The van der Waals surface area contributed by atoms with Crippen LogP contribution in [0.1, 0.15) is 0 Å². The zero-order valence-electron chi connectivity index (χ0n) is 12.0. The molecule has 0 amide bonds. The summed E-state index contributed by atoms with van der Waals surface area (Å²) in [6.45, 7) is 0. The van der Waals surface area contributed by atoms with Gasteiger partial charge in [-0.15, -0.1) is 22.7 Å². The first-order valence-electron chi connectivity index (χ1n) is 7.02. The zero-order valence-corrected chi connectivity index (χ0v) is 13.6. The van der Waals surface area contributed by atoms with Crippen LogP contribution < -0.4 is 0 Å². The molecular weight excluding hydrogens is 324 g/mol. The van der Waals surface area contributed by atoms with Crippen LogP contribution in [-0.2, 0) is 0 Å². The zero-order chi connectivity index (χ0) is 15.5. The molecule has 0 aliphatic rings. The van der Waals surface area contributed by atoms with E-state index < -0.39 is 0 Å². The first-order chi connectivity index (χ1) is 11.4. The molecule has 0 saturated heterocycles. The molecule has 2 aromatic carbocycles. The first-order valence-corrected chi connectivity index (χ1v) is 8.84. The van der Waals surface area contributed by atoms with Crippen molar-refractivity contribution in [1.29, 1.82) is 0 Å². The summed E-state index contributed by atoms with van der Waals surface area (Å²) in [7, 11) is 0. The minimum absolute atomic E-state index is 0.840. The number of fused-ring (bicyclic) bond motifs is 2. The number of para-hydroxylation sites is 3. The molecule has 3 aromatic heterocycles. The van der Waals surface area contributed by atoms with Crippen LogP contribution in [0.4, 0.5) is 0 Å². The summed E-state index contributed by atoms with van der Waals surface area (Å²) in [4.78, 5) is 16.0. The molecule has 0 saturated carbocycles. The van der Waals surface area contributed by atoms with Gasteiger partial charge in [0.2, 0.25) is 0 Å². The predicted molar refractivity (Wildman–Crippen MR) is 96.8 cm³/mol. The van der Waals surface area contributed by atoms with E-state index in [4.69, 9.17) is 0 Å². The van der Waals surface area contributed by atoms with Crippen LogP contribution >= 0.6 is 22.7 Å². The van der Waals surface area contributed by atoms with E-state index in [1.165, 1.54) is 4.70 Å². The summed E-state index contributed by atoms with van der Waals surface area (Å²) >= 11 is 3.25.